The largest absolute Gasteiger partial charge is 0.421 e. The predicted molar refractivity (Wildman–Crippen MR) is 95.0 cm³/mol. The van der Waals surface area contributed by atoms with Crippen LogP contribution >= 0.6 is 0 Å². The molecule has 4 nitrogen and oxygen atoms in total. The molecule has 2 aromatic carbocycles. The van der Waals surface area contributed by atoms with Gasteiger partial charge in [0.05, 0.1) is 17.0 Å². The van der Waals surface area contributed by atoms with Crippen LogP contribution in [0.2, 0.25) is 0 Å². The van der Waals surface area contributed by atoms with Crippen molar-refractivity contribution in [2.75, 3.05) is 0 Å². The van der Waals surface area contributed by atoms with Crippen LogP contribution in [0.5, 0.6) is 0 Å². The van der Waals surface area contributed by atoms with Crippen LogP contribution in [-0.2, 0) is 19.0 Å². The van der Waals surface area contributed by atoms with Gasteiger partial charge in [-0.15, -0.1) is 10.2 Å². The molecule has 0 N–H and O–H groups in total. The Morgan fingerprint density at radius 2 is 1.75 bits per heavy atom. The summed E-state index contributed by atoms with van der Waals surface area (Å²) in [5, 5.41) is 17.4. The zero-order chi connectivity index (χ0) is 19.8. The van der Waals surface area contributed by atoms with E-state index in [0.717, 1.165) is 41.7 Å². The smallest absolute Gasteiger partial charge is 0.416 e. The molecule has 0 radical (unpaired) electrons. The maximum atomic E-state index is 12.7. The van der Waals surface area contributed by atoms with Gasteiger partial charge in [0.2, 0.25) is 11.8 Å². The van der Waals surface area contributed by atoms with Crippen molar-refractivity contribution in [1.29, 1.82) is 5.26 Å². The van der Waals surface area contributed by atoms with Crippen molar-refractivity contribution in [3.63, 3.8) is 0 Å². The number of nitrogens with zero attached hydrogens (tertiary/aromatic N) is 3. The highest BCUT2D eigenvalue weighted by Gasteiger charge is 2.44. The van der Waals surface area contributed by atoms with Crippen LogP contribution in [0.3, 0.4) is 0 Å². The van der Waals surface area contributed by atoms with Gasteiger partial charge in [-0.05, 0) is 48.6 Å². The fourth-order valence-electron chi connectivity index (χ4n) is 3.12. The monoisotopic (exact) mass is 383 g/mol. The molecule has 0 unspecified atom stereocenters. The molecule has 4 rings (SSSR count). The zero-order valence-corrected chi connectivity index (χ0v) is 14.8. The summed E-state index contributed by atoms with van der Waals surface area (Å²) in [6.45, 7) is 0. The Balaban J connectivity index is 1.56. The molecule has 7 heteroatoms. The minimum absolute atomic E-state index is 0.353. The van der Waals surface area contributed by atoms with Gasteiger partial charge in [0.25, 0.3) is 0 Å². The molecule has 0 saturated heterocycles. The molecule has 1 fully saturated rings. The Kier molecular flexibility index (Phi) is 4.42. The number of aromatic nitrogens is 2. The van der Waals surface area contributed by atoms with Crippen LogP contribution < -0.4 is 0 Å². The van der Waals surface area contributed by atoms with E-state index in [0.29, 0.717) is 24.6 Å². The van der Waals surface area contributed by atoms with Gasteiger partial charge in [0.15, 0.2) is 0 Å². The van der Waals surface area contributed by atoms with Gasteiger partial charge in [-0.3, -0.25) is 0 Å². The number of benzene rings is 2. The number of nitriles is 1. The number of hydrogen-bond acceptors (Lipinski definition) is 4. The van der Waals surface area contributed by atoms with Crippen LogP contribution in [0.15, 0.2) is 52.9 Å². The molecule has 0 bridgehead atoms. The Bertz CT molecular complexity index is 1030. The molecule has 1 aliphatic carbocycles. The lowest BCUT2D eigenvalue weighted by Gasteiger charge is -2.09. The van der Waals surface area contributed by atoms with Crippen LogP contribution in [0, 0.1) is 16.7 Å². The highest BCUT2D eigenvalue weighted by Crippen LogP contribution is 2.47. The van der Waals surface area contributed by atoms with Crippen molar-refractivity contribution in [1.82, 2.24) is 10.2 Å². The third kappa shape index (κ3) is 3.77. The summed E-state index contributed by atoms with van der Waals surface area (Å²) in [4.78, 5) is 0. The summed E-state index contributed by atoms with van der Waals surface area (Å²) in [6.07, 6.45) is -1.79. The van der Waals surface area contributed by atoms with Gasteiger partial charge >= 0.3 is 6.18 Å². The lowest BCUT2D eigenvalue weighted by molar-refractivity contribution is -0.137. The van der Waals surface area contributed by atoms with E-state index in [1.54, 1.807) is 0 Å². The summed E-state index contributed by atoms with van der Waals surface area (Å²) in [5.74, 6) is 0.782. The van der Waals surface area contributed by atoms with Gasteiger partial charge < -0.3 is 4.42 Å². The summed E-state index contributed by atoms with van der Waals surface area (Å²) < 4.78 is 44.0. The fourth-order valence-corrected chi connectivity index (χ4v) is 3.12. The minimum Gasteiger partial charge on any atom is -0.421 e. The van der Waals surface area contributed by atoms with Crippen LogP contribution in [0.1, 0.15) is 35.4 Å². The summed E-state index contributed by atoms with van der Waals surface area (Å²) in [7, 11) is 0. The molecule has 1 aliphatic rings. The predicted octanol–water partition coefficient (Wildman–Crippen LogP) is 5.19. The second-order valence-electron chi connectivity index (χ2n) is 7.10. The lowest BCUT2D eigenvalue weighted by atomic mass is 9.99. The number of halogens is 3. The second kappa shape index (κ2) is 6.79. The molecule has 0 atom stereocenters. The molecular weight excluding hydrogens is 367 g/mol. The first-order chi connectivity index (χ1) is 13.4. The highest BCUT2D eigenvalue weighted by molar-refractivity contribution is 5.59. The Hall–Kier alpha value is -3.14. The lowest BCUT2D eigenvalue weighted by Crippen LogP contribution is -2.04. The van der Waals surface area contributed by atoms with Gasteiger partial charge in [-0.1, -0.05) is 30.3 Å². The molecule has 3 aromatic rings. The first kappa shape index (κ1) is 18.2. The minimum atomic E-state index is -4.35. The van der Waals surface area contributed by atoms with E-state index in [9.17, 15) is 18.4 Å². The van der Waals surface area contributed by atoms with Gasteiger partial charge in [-0.25, -0.2) is 0 Å². The van der Waals surface area contributed by atoms with Crippen molar-refractivity contribution in [3.8, 4) is 17.5 Å². The van der Waals surface area contributed by atoms with E-state index in [1.165, 1.54) is 12.1 Å². The average molecular weight is 383 g/mol. The standard InChI is InChI=1S/C21H16F3N3O/c22-21(23,24)16-7-5-14(6-8-16)11-15-3-1-2-4-17(15)19-27-26-18(28-19)12-20(13-25)9-10-20/h1-8H,9-12H2. The van der Waals surface area contributed by atoms with Gasteiger partial charge in [0.1, 0.15) is 0 Å². The normalized spacial score (nSPS) is 15.2. The Morgan fingerprint density at radius 3 is 2.39 bits per heavy atom. The molecule has 142 valence electrons. The van der Waals surface area contributed by atoms with Crippen molar-refractivity contribution >= 4 is 0 Å². The summed E-state index contributed by atoms with van der Waals surface area (Å²) in [5.41, 5.74) is 1.32. The summed E-state index contributed by atoms with van der Waals surface area (Å²) >= 11 is 0. The Labute approximate surface area is 159 Å². The fraction of sp³-hybridized carbons (Fsp3) is 0.286. The number of alkyl halides is 3. The molecule has 0 amide bonds. The number of hydrogen-bond donors (Lipinski definition) is 0. The molecule has 1 saturated carbocycles. The van der Waals surface area contributed by atoms with Crippen LogP contribution in [-0.4, -0.2) is 10.2 Å². The molecule has 1 heterocycles. The Morgan fingerprint density at radius 1 is 1.04 bits per heavy atom. The van der Waals surface area contributed by atoms with Crippen LogP contribution in [0.25, 0.3) is 11.5 Å². The number of rotatable bonds is 5. The maximum absolute atomic E-state index is 12.7. The third-order valence-corrected chi connectivity index (χ3v) is 4.97. The van der Waals surface area contributed by atoms with E-state index in [-0.39, 0.29) is 5.41 Å². The van der Waals surface area contributed by atoms with Crippen molar-refractivity contribution in [2.45, 2.75) is 31.9 Å². The van der Waals surface area contributed by atoms with Crippen LogP contribution in [0.4, 0.5) is 13.2 Å². The average Bonchev–Trinajstić information content (AvgIpc) is 3.30. The van der Waals surface area contributed by atoms with E-state index in [2.05, 4.69) is 16.3 Å². The third-order valence-electron chi connectivity index (χ3n) is 4.97. The zero-order valence-electron chi connectivity index (χ0n) is 14.8. The van der Waals surface area contributed by atoms with Gasteiger partial charge in [0, 0.05) is 12.0 Å². The van der Waals surface area contributed by atoms with E-state index in [4.69, 9.17) is 4.42 Å². The van der Waals surface area contributed by atoms with Crippen molar-refractivity contribution < 1.29 is 17.6 Å². The maximum Gasteiger partial charge on any atom is 0.416 e. The quantitative estimate of drug-likeness (QED) is 0.608. The van der Waals surface area contributed by atoms with E-state index < -0.39 is 11.7 Å². The molecule has 0 spiro atoms. The molecule has 1 aromatic heterocycles. The van der Waals surface area contributed by atoms with E-state index >= 15 is 0 Å². The van der Waals surface area contributed by atoms with Crippen molar-refractivity contribution in [2.24, 2.45) is 5.41 Å². The molecule has 28 heavy (non-hydrogen) atoms. The second-order valence-corrected chi connectivity index (χ2v) is 7.10. The summed E-state index contributed by atoms with van der Waals surface area (Å²) in [6, 6.07) is 14.8. The van der Waals surface area contributed by atoms with Crippen molar-refractivity contribution in [3.05, 3.63) is 71.1 Å². The highest BCUT2D eigenvalue weighted by atomic mass is 19.4. The topological polar surface area (TPSA) is 62.7 Å². The first-order valence-electron chi connectivity index (χ1n) is 8.87. The SMILES string of the molecule is N#CC1(Cc2nnc(-c3ccccc3Cc3ccc(C(F)(F)F)cc3)o2)CC1. The van der Waals surface area contributed by atoms with E-state index in [1.807, 2.05) is 24.3 Å². The molecular formula is C21H16F3N3O. The first-order valence-corrected chi connectivity index (χ1v) is 8.87. The van der Waals surface area contributed by atoms with Gasteiger partial charge in [-0.2, -0.15) is 18.4 Å². The molecule has 0 aliphatic heterocycles.